The smallest absolute Gasteiger partial charge is 0.255 e. The van der Waals surface area contributed by atoms with Gasteiger partial charge in [-0.15, -0.1) is 0 Å². The highest BCUT2D eigenvalue weighted by molar-refractivity contribution is 7.85. The van der Waals surface area contributed by atoms with Crippen LogP contribution in [-0.4, -0.2) is 42.6 Å². The van der Waals surface area contributed by atoms with E-state index in [4.69, 9.17) is 13.6 Å². The third-order valence-electron chi connectivity index (χ3n) is 7.27. The van der Waals surface area contributed by atoms with E-state index in [2.05, 4.69) is 10.3 Å². The Hall–Kier alpha value is -5.10. The second-order valence-corrected chi connectivity index (χ2v) is 11.2. The topological polar surface area (TPSA) is 97.8 Å². The number of carbonyl (C=O) groups is 1. The number of benzene rings is 4. The fourth-order valence-electron chi connectivity index (χ4n) is 5.03. The van der Waals surface area contributed by atoms with Crippen molar-refractivity contribution in [3.8, 4) is 39.7 Å². The highest BCUT2D eigenvalue weighted by Crippen LogP contribution is 2.44. The van der Waals surface area contributed by atoms with Crippen LogP contribution >= 0.6 is 0 Å². The van der Waals surface area contributed by atoms with E-state index in [9.17, 15) is 17.8 Å². The zero-order valence-corrected chi connectivity index (χ0v) is 24.6. The van der Waals surface area contributed by atoms with Gasteiger partial charge in [0.2, 0.25) is 5.89 Å². The molecule has 0 fully saturated rings. The number of anilines is 1. The number of rotatable bonds is 7. The number of ether oxygens (including phenoxy) is 1. The van der Waals surface area contributed by atoms with Crippen molar-refractivity contribution in [2.45, 2.75) is 0 Å². The molecule has 44 heavy (non-hydrogen) atoms. The minimum absolute atomic E-state index is 0.000546. The van der Waals surface area contributed by atoms with Gasteiger partial charge in [-0.25, -0.2) is 22.4 Å². The van der Waals surface area contributed by atoms with Crippen LogP contribution in [0.15, 0.2) is 75.6 Å². The van der Waals surface area contributed by atoms with E-state index in [-0.39, 0.29) is 56.3 Å². The van der Waals surface area contributed by atoms with Crippen LogP contribution in [0, 0.1) is 17.5 Å². The molecule has 0 radical (unpaired) electrons. The summed E-state index contributed by atoms with van der Waals surface area (Å²) in [4.78, 5) is 17.5. The van der Waals surface area contributed by atoms with Crippen LogP contribution in [0.5, 0.6) is 5.75 Å². The van der Waals surface area contributed by atoms with Gasteiger partial charge in [0, 0.05) is 54.6 Å². The number of para-hydroxylation sites is 1. The molecule has 0 spiro atoms. The normalized spacial score (nSPS) is 12.1. The van der Waals surface area contributed by atoms with Gasteiger partial charge in [0.25, 0.3) is 5.91 Å². The summed E-state index contributed by atoms with van der Waals surface area (Å²) in [6.07, 6.45) is 1.46. The van der Waals surface area contributed by atoms with E-state index < -0.39 is 34.3 Å². The number of oxazole rings is 1. The number of halogens is 3. The number of nitrogens with zero attached hydrogens (tertiary/aromatic N) is 2. The first-order valence-electron chi connectivity index (χ1n) is 13.2. The number of furan rings is 1. The van der Waals surface area contributed by atoms with E-state index >= 15 is 4.39 Å². The minimum Gasteiger partial charge on any atom is -0.496 e. The van der Waals surface area contributed by atoms with Crippen LogP contribution in [0.4, 0.5) is 18.9 Å². The summed E-state index contributed by atoms with van der Waals surface area (Å²) in [6, 6.07) is 15.4. The summed E-state index contributed by atoms with van der Waals surface area (Å²) in [7, 11) is 2.82. The number of hydrogen-bond donors (Lipinski definition) is 1. The molecule has 8 nitrogen and oxygen atoms in total. The summed E-state index contributed by atoms with van der Waals surface area (Å²) in [5.74, 6) is -1.99. The van der Waals surface area contributed by atoms with Gasteiger partial charge < -0.3 is 18.9 Å². The fraction of sp³-hybridized carbons (Fsp3) is 0.125. The predicted molar refractivity (Wildman–Crippen MR) is 162 cm³/mol. The molecule has 0 aliphatic carbocycles. The van der Waals surface area contributed by atoms with Crippen LogP contribution in [0.2, 0.25) is 0 Å². The molecule has 1 amide bonds. The molecule has 1 N–H and O–H groups in total. The largest absolute Gasteiger partial charge is 0.496 e. The molecule has 0 saturated carbocycles. The molecule has 1 atom stereocenters. The molecule has 0 aliphatic rings. The molecule has 12 heteroatoms. The molecule has 1 unspecified atom stereocenters. The van der Waals surface area contributed by atoms with Crippen molar-refractivity contribution in [3.63, 3.8) is 0 Å². The maximum absolute atomic E-state index is 15.9. The van der Waals surface area contributed by atoms with Gasteiger partial charge in [-0.2, -0.15) is 0 Å². The first-order chi connectivity index (χ1) is 21.1. The van der Waals surface area contributed by atoms with Gasteiger partial charge in [-0.05, 0) is 48.5 Å². The first-order valence-corrected chi connectivity index (χ1v) is 14.7. The van der Waals surface area contributed by atoms with Crippen molar-refractivity contribution in [1.29, 1.82) is 0 Å². The second kappa shape index (κ2) is 11.2. The number of hydrogen-bond acceptors (Lipinski definition) is 6. The van der Waals surface area contributed by atoms with Crippen molar-refractivity contribution in [3.05, 3.63) is 89.7 Å². The fourth-order valence-corrected chi connectivity index (χ4v) is 5.46. The Morgan fingerprint density at radius 2 is 1.68 bits per heavy atom. The van der Waals surface area contributed by atoms with E-state index in [1.165, 1.54) is 67.2 Å². The Kier molecular flexibility index (Phi) is 7.38. The predicted octanol–water partition coefficient (Wildman–Crippen LogP) is 7.09. The number of carbonyl (C=O) groups excluding carboxylic acids is 1. The van der Waals surface area contributed by atoms with Gasteiger partial charge in [-0.3, -0.25) is 9.10 Å². The lowest BCUT2D eigenvalue weighted by atomic mass is 9.96. The van der Waals surface area contributed by atoms with Crippen molar-refractivity contribution in [2.75, 3.05) is 31.8 Å². The molecular weight excluding hydrogens is 595 g/mol. The Bertz CT molecular complexity index is 2110. The van der Waals surface area contributed by atoms with Crippen molar-refractivity contribution in [1.82, 2.24) is 10.3 Å². The summed E-state index contributed by atoms with van der Waals surface area (Å²) in [6.45, 7) is 0. The lowest BCUT2D eigenvalue weighted by molar-refractivity contribution is 0.0964. The van der Waals surface area contributed by atoms with Gasteiger partial charge in [0.1, 0.15) is 45.2 Å². The maximum atomic E-state index is 15.9. The number of amides is 1. The summed E-state index contributed by atoms with van der Waals surface area (Å²) in [5, 5.41) is 2.93. The van der Waals surface area contributed by atoms with Gasteiger partial charge >= 0.3 is 0 Å². The molecule has 224 valence electrons. The number of methoxy groups -OCH3 is 1. The first kappa shape index (κ1) is 29.0. The molecule has 2 heterocycles. The Balaban J connectivity index is 1.65. The van der Waals surface area contributed by atoms with Gasteiger partial charge in [0.05, 0.1) is 23.9 Å². The van der Waals surface area contributed by atoms with Gasteiger partial charge in [0.15, 0.2) is 11.4 Å². The Labute approximate surface area is 251 Å². The summed E-state index contributed by atoms with van der Waals surface area (Å²) in [5.41, 5.74) is 1.88. The zero-order valence-electron chi connectivity index (χ0n) is 23.8. The van der Waals surface area contributed by atoms with Crippen molar-refractivity contribution in [2.24, 2.45) is 0 Å². The van der Waals surface area contributed by atoms with Crippen molar-refractivity contribution < 1.29 is 35.7 Å². The average Bonchev–Trinajstić information content (AvgIpc) is 3.62. The average molecular weight is 620 g/mol. The second-order valence-electron chi connectivity index (χ2n) is 9.82. The number of aromatic nitrogens is 1. The van der Waals surface area contributed by atoms with Crippen LogP contribution in [0.25, 0.3) is 56.0 Å². The third kappa shape index (κ3) is 4.86. The van der Waals surface area contributed by atoms with Crippen LogP contribution in [-0.2, 0) is 11.0 Å². The quantitative estimate of drug-likeness (QED) is 0.205. The maximum Gasteiger partial charge on any atom is 0.255 e. The third-order valence-corrected chi connectivity index (χ3v) is 8.24. The van der Waals surface area contributed by atoms with Crippen molar-refractivity contribution >= 4 is 44.6 Å². The van der Waals surface area contributed by atoms with Crippen LogP contribution in [0.3, 0.4) is 0 Å². The lowest BCUT2D eigenvalue weighted by Crippen LogP contribution is -2.20. The SMILES string of the molecule is CNC(=O)c1c(-c2ccc(F)cc2)oc2cc(N(C)S(C)=O)c(-c3cc(-c4nc5c(F)cccc5o4)c(OC)cc3F)cc12. The lowest BCUT2D eigenvalue weighted by Gasteiger charge is -2.21. The number of nitrogens with one attached hydrogen (secondary N) is 1. The van der Waals surface area contributed by atoms with E-state index in [0.717, 1.165) is 6.07 Å². The van der Waals surface area contributed by atoms with Crippen LogP contribution in [0.1, 0.15) is 10.4 Å². The number of fused-ring (bicyclic) bond motifs is 2. The van der Waals surface area contributed by atoms with Crippen LogP contribution < -0.4 is 14.4 Å². The molecule has 6 rings (SSSR count). The molecule has 2 aromatic heterocycles. The summed E-state index contributed by atoms with van der Waals surface area (Å²) >= 11 is 0. The standard InChI is InChI=1S/C32H24F3N3O5S/c1-36-31(39)28-20-13-19(24(38(2)44(4)40)15-27(20)42-30(28)16-8-10-17(33)11-9-16)18-12-21(26(41-3)14-23(18)35)32-37-29-22(34)6-5-7-25(29)43-32/h5-15H,1-4H3,(H,36,39). The zero-order chi connectivity index (χ0) is 31.3. The van der Waals surface area contributed by atoms with E-state index in [1.54, 1.807) is 25.2 Å². The molecular formula is C32H24F3N3O5S. The van der Waals surface area contributed by atoms with E-state index in [1.807, 2.05) is 0 Å². The monoisotopic (exact) mass is 619 g/mol. The summed E-state index contributed by atoms with van der Waals surface area (Å²) < 4.78 is 75.6. The molecule has 0 saturated heterocycles. The van der Waals surface area contributed by atoms with Gasteiger partial charge in [-0.1, -0.05) is 6.07 Å². The Morgan fingerprint density at radius 3 is 2.34 bits per heavy atom. The Morgan fingerprint density at radius 1 is 0.932 bits per heavy atom. The highest BCUT2D eigenvalue weighted by atomic mass is 32.2. The molecule has 4 aromatic carbocycles. The highest BCUT2D eigenvalue weighted by Gasteiger charge is 2.27. The molecule has 0 bridgehead atoms. The molecule has 0 aliphatic heterocycles. The molecule has 6 aromatic rings. The minimum atomic E-state index is -1.55. The van der Waals surface area contributed by atoms with E-state index in [0.29, 0.717) is 16.6 Å².